The number of rotatable bonds is 4. The maximum atomic E-state index is 11.5. The van der Waals surface area contributed by atoms with E-state index in [4.69, 9.17) is 5.11 Å². The van der Waals surface area contributed by atoms with Crippen molar-refractivity contribution in [1.29, 1.82) is 0 Å². The quantitative estimate of drug-likeness (QED) is 0.675. The van der Waals surface area contributed by atoms with Crippen LogP contribution >= 0.6 is 0 Å². The average Bonchev–Trinajstić information content (AvgIpc) is 2.01. The van der Waals surface area contributed by atoms with Gasteiger partial charge in [-0.1, -0.05) is 27.7 Å². The average molecular weight is 158 g/mol. The zero-order valence-corrected chi connectivity index (χ0v) is 7.85. The van der Waals surface area contributed by atoms with Crippen molar-refractivity contribution < 1.29 is 9.90 Å². The Bertz CT molecular complexity index is 134. The summed E-state index contributed by atoms with van der Waals surface area (Å²) >= 11 is 0. The summed E-state index contributed by atoms with van der Waals surface area (Å²) in [4.78, 5) is 11.5. The van der Waals surface area contributed by atoms with Gasteiger partial charge in [-0.15, -0.1) is 0 Å². The molecule has 0 rings (SSSR count). The van der Waals surface area contributed by atoms with E-state index < -0.39 is 5.41 Å². The fraction of sp³-hybridized carbons (Fsp3) is 0.889. The van der Waals surface area contributed by atoms with Gasteiger partial charge in [-0.25, -0.2) is 0 Å². The highest BCUT2D eigenvalue weighted by Crippen LogP contribution is 2.24. The normalized spacial score (nSPS) is 16.5. The molecule has 0 aliphatic carbocycles. The maximum absolute atomic E-state index is 11.5. The number of carbonyl (C=O) groups excluding carboxylic acids is 1. The molecular formula is C9H18O2. The van der Waals surface area contributed by atoms with E-state index in [1.807, 2.05) is 27.7 Å². The van der Waals surface area contributed by atoms with Crippen LogP contribution in [0.15, 0.2) is 0 Å². The van der Waals surface area contributed by atoms with Gasteiger partial charge in [0.25, 0.3) is 0 Å². The van der Waals surface area contributed by atoms with E-state index in [0.717, 1.165) is 0 Å². The van der Waals surface area contributed by atoms with Crippen molar-refractivity contribution in [2.75, 3.05) is 6.61 Å². The van der Waals surface area contributed by atoms with Crippen molar-refractivity contribution >= 4 is 5.78 Å². The number of aliphatic hydroxyl groups excluding tert-OH is 1. The van der Waals surface area contributed by atoms with Gasteiger partial charge in [0, 0.05) is 11.3 Å². The van der Waals surface area contributed by atoms with Gasteiger partial charge < -0.3 is 5.11 Å². The zero-order valence-electron chi connectivity index (χ0n) is 7.85. The van der Waals surface area contributed by atoms with E-state index in [1.54, 1.807) is 0 Å². The molecule has 2 nitrogen and oxygen atoms in total. The number of ketones is 1. The van der Waals surface area contributed by atoms with Crippen LogP contribution in [0.2, 0.25) is 0 Å². The van der Waals surface area contributed by atoms with Crippen molar-refractivity contribution in [2.24, 2.45) is 11.3 Å². The van der Waals surface area contributed by atoms with Crippen molar-refractivity contribution in [1.82, 2.24) is 0 Å². The van der Waals surface area contributed by atoms with Gasteiger partial charge in [-0.05, 0) is 6.42 Å². The summed E-state index contributed by atoms with van der Waals surface area (Å²) in [6.07, 6.45) is 0.709. The van der Waals surface area contributed by atoms with Gasteiger partial charge in [-0.3, -0.25) is 4.79 Å². The molecule has 2 heteroatoms. The van der Waals surface area contributed by atoms with Crippen LogP contribution < -0.4 is 0 Å². The smallest absolute Gasteiger partial charge is 0.143 e. The molecule has 0 amide bonds. The molecule has 0 aromatic rings. The van der Waals surface area contributed by atoms with Gasteiger partial charge >= 0.3 is 0 Å². The van der Waals surface area contributed by atoms with E-state index in [1.165, 1.54) is 0 Å². The lowest BCUT2D eigenvalue weighted by Gasteiger charge is -2.25. The Morgan fingerprint density at radius 2 is 2.00 bits per heavy atom. The first-order valence-electron chi connectivity index (χ1n) is 4.13. The van der Waals surface area contributed by atoms with E-state index in [-0.39, 0.29) is 18.3 Å². The van der Waals surface area contributed by atoms with Gasteiger partial charge in [-0.2, -0.15) is 0 Å². The topological polar surface area (TPSA) is 37.3 Å². The molecule has 0 aliphatic rings. The van der Waals surface area contributed by atoms with Gasteiger partial charge in [0.05, 0.1) is 6.61 Å². The fourth-order valence-corrected chi connectivity index (χ4v) is 1.06. The highest BCUT2D eigenvalue weighted by molar-refractivity contribution is 5.86. The molecule has 0 radical (unpaired) electrons. The Hall–Kier alpha value is -0.370. The largest absolute Gasteiger partial charge is 0.395 e. The molecule has 0 bridgehead atoms. The molecular weight excluding hydrogens is 140 g/mol. The van der Waals surface area contributed by atoms with Crippen LogP contribution in [0, 0.1) is 11.3 Å². The summed E-state index contributed by atoms with van der Waals surface area (Å²) < 4.78 is 0. The second-order valence-electron chi connectivity index (χ2n) is 3.59. The van der Waals surface area contributed by atoms with Crippen LogP contribution in [0.4, 0.5) is 0 Å². The summed E-state index contributed by atoms with van der Waals surface area (Å²) in [5, 5.41) is 8.98. The van der Waals surface area contributed by atoms with Crippen molar-refractivity contribution in [3.63, 3.8) is 0 Å². The van der Waals surface area contributed by atoms with E-state index in [2.05, 4.69) is 0 Å². The summed E-state index contributed by atoms with van der Waals surface area (Å²) in [7, 11) is 0. The molecule has 0 saturated carbocycles. The molecule has 0 saturated heterocycles. The van der Waals surface area contributed by atoms with Crippen LogP contribution in [-0.4, -0.2) is 17.5 Å². The molecule has 0 aliphatic heterocycles. The Labute approximate surface area is 68.6 Å². The molecule has 1 unspecified atom stereocenters. The summed E-state index contributed by atoms with van der Waals surface area (Å²) in [5.41, 5.74) is -0.520. The Morgan fingerprint density at radius 3 is 2.09 bits per heavy atom. The van der Waals surface area contributed by atoms with Crippen molar-refractivity contribution in [3.05, 3.63) is 0 Å². The number of hydrogen-bond donors (Lipinski definition) is 1. The zero-order chi connectivity index (χ0) is 9.07. The van der Waals surface area contributed by atoms with Crippen molar-refractivity contribution in [3.8, 4) is 0 Å². The molecule has 0 spiro atoms. The number of carbonyl (C=O) groups is 1. The monoisotopic (exact) mass is 158 g/mol. The number of aliphatic hydroxyl groups is 1. The van der Waals surface area contributed by atoms with Crippen LogP contribution in [0.1, 0.15) is 34.1 Å². The number of hydrogen-bond acceptors (Lipinski definition) is 2. The van der Waals surface area contributed by atoms with Crippen LogP contribution in [0.25, 0.3) is 0 Å². The summed E-state index contributed by atoms with van der Waals surface area (Å²) in [5.74, 6) is 0.176. The fourth-order valence-electron chi connectivity index (χ4n) is 1.06. The summed E-state index contributed by atoms with van der Waals surface area (Å²) in [6.45, 7) is 7.43. The molecule has 0 fully saturated rings. The van der Waals surface area contributed by atoms with Crippen LogP contribution in [0.5, 0.6) is 0 Å². The Morgan fingerprint density at radius 1 is 1.55 bits per heavy atom. The molecule has 0 aromatic heterocycles. The first kappa shape index (κ1) is 10.6. The van der Waals surface area contributed by atoms with Gasteiger partial charge in [0.2, 0.25) is 0 Å². The number of Topliss-reactive ketones (excluding diaryl/α,β-unsaturated/α-hetero) is 1. The van der Waals surface area contributed by atoms with Crippen molar-refractivity contribution in [2.45, 2.75) is 34.1 Å². The van der Waals surface area contributed by atoms with E-state index >= 15 is 0 Å². The first-order chi connectivity index (χ1) is 4.98. The summed E-state index contributed by atoms with van der Waals surface area (Å²) in [6, 6.07) is 0. The highest BCUT2D eigenvalue weighted by Gasteiger charge is 2.31. The lowest BCUT2D eigenvalue weighted by atomic mass is 9.79. The predicted octanol–water partition coefficient (Wildman–Crippen LogP) is 1.62. The predicted molar refractivity (Wildman–Crippen MR) is 45.3 cm³/mol. The minimum Gasteiger partial charge on any atom is -0.395 e. The van der Waals surface area contributed by atoms with E-state index in [0.29, 0.717) is 6.42 Å². The molecule has 0 heterocycles. The third-order valence-corrected chi connectivity index (χ3v) is 2.25. The molecule has 1 atom stereocenters. The Balaban J connectivity index is 4.37. The van der Waals surface area contributed by atoms with Gasteiger partial charge in [0.1, 0.15) is 5.78 Å². The third-order valence-electron chi connectivity index (χ3n) is 2.25. The minimum absolute atomic E-state index is 0.0205. The third kappa shape index (κ3) is 2.29. The second-order valence-corrected chi connectivity index (χ2v) is 3.59. The van der Waals surface area contributed by atoms with Gasteiger partial charge in [0.15, 0.2) is 0 Å². The second kappa shape index (κ2) is 3.86. The molecule has 1 N–H and O–H groups in total. The van der Waals surface area contributed by atoms with Crippen LogP contribution in [-0.2, 0) is 4.79 Å². The molecule has 0 aromatic carbocycles. The van der Waals surface area contributed by atoms with E-state index in [9.17, 15) is 4.79 Å². The SMILES string of the molecule is CCC(C)(CO)C(=O)C(C)C. The Kier molecular flexibility index (Phi) is 3.73. The van der Waals surface area contributed by atoms with Crippen LogP contribution in [0.3, 0.4) is 0 Å². The first-order valence-corrected chi connectivity index (χ1v) is 4.13. The lowest BCUT2D eigenvalue weighted by Crippen LogP contribution is -2.34. The maximum Gasteiger partial charge on any atom is 0.143 e. The minimum atomic E-state index is -0.520. The standard InChI is InChI=1S/C9H18O2/c1-5-9(4,6-10)8(11)7(2)3/h7,10H,5-6H2,1-4H3. The highest BCUT2D eigenvalue weighted by atomic mass is 16.3. The molecule has 66 valence electrons. The lowest BCUT2D eigenvalue weighted by molar-refractivity contribution is -0.133. The molecule has 11 heavy (non-hydrogen) atoms.